The molecule has 1 aliphatic heterocycles. The highest BCUT2D eigenvalue weighted by molar-refractivity contribution is 5.34. The summed E-state index contributed by atoms with van der Waals surface area (Å²) in [5, 5.41) is 0. The topological polar surface area (TPSA) is 3.24 Å². The predicted molar refractivity (Wildman–Crippen MR) is 67.8 cm³/mol. The minimum Gasteiger partial charge on any atom is -0.300 e. The van der Waals surface area contributed by atoms with Gasteiger partial charge in [0.2, 0.25) is 0 Å². The van der Waals surface area contributed by atoms with Crippen LogP contribution in [0.15, 0.2) is 24.3 Å². The molecule has 0 radical (unpaired) electrons. The van der Waals surface area contributed by atoms with Crippen molar-refractivity contribution < 1.29 is 0 Å². The Balaban J connectivity index is 1.94. The van der Waals surface area contributed by atoms with E-state index < -0.39 is 0 Å². The smallest absolute Gasteiger partial charge is 0.0167 e. The van der Waals surface area contributed by atoms with Gasteiger partial charge in [0.05, 0.1) is 0 Å². The average Bonchev–Trinajstić information content (AvgIpc) is 2.37. The Morgan fingerprint density at radius 1 is 1.25 bits per heavy atom. The van der Waals surface area contributed by atoms with Gasteiger partial charge in [-0.15, -0.1) is 0 Å². The standard InChI is InChI=1S/C15H21N/c1-2-16-11-5-8-14-13-7-4-3-6-12(13)9-10-15(14)16/h3-4,6-7,14-15H,2,5,8-11H2,1H3/t14-,15-/m1/s1. The van der Waals surface area contributed by atoms with Gasteiger partial charge in [0.15, 0.2) is 0 Å². The largest absolute Gasteiger partial charge is 0.300 e. The van der Waals surface area contributed by atoms with Crippen LogP contribution in [0.4, 0.5) is 0 Å². The van der Waals surface area contributed by atoms with E-state index in [9.17, 15) is 0 Å². The third kappa shape index (κ3) is 1.58. The molecule has 0 bridgehead atoms. The van der Waals surface area contributed by atoms with Gasteiger partial charge in [-0.3, -0.25) is 0 Å². The first-order valence-corrected chi connectivity index (χ1v) is 6.72. The molecule has 0 N–H and O–H groups in total. The van der Waals surface area contributed by atoms with Gasteiger partial charge < -0.3 is 4.90 Å². The van der Waals surface area contributed by atoms with E-state index in [0.717, 1.165) is 12.0 Å². The lowest BCUT2D eigenvalue weighted by Crippen LogP contribution is -2.46. The summed E-state index contributed by atoms with van der Waals surface area (Å²) in [5.41, 5.74) is 3.26. The Hall–Kier alpha value is -0.820. The van der Waals surface area contributed by atoms with Crippen LogP contribution in [0.3, 0.4) is 0 Å². The summed E-state index contributed by atoms with van der Waals surface area (Å²) >= 11 is 0. The second kappa shape index (κ2) is 4.21. The molecule has 0 unspecified atom stereocenters. The molecule has 16 heavy (non-hydrogen) atoms. The summed E-state index contributed by atoms with van der Waals surface area (Å²) in [7, 11) is 0. The number of nitrogens with zero attached hydrogens (tertiary/aromatic N) is 1. The maximum absolute atomic E-state index is 2.70. The van der Waals surface area contributed by atoms with Crippen molar-refractivity contribution in [1.29, 1.82) is 0 Å². The zero-order valence-electron chi connectivity index (χ0n) is 10.2. The average molecular weight is 215 g/mol. The van der Waals surface area contributed by atoms with E-state index in [1.807, 2.05) is 0 Å². The van der Waals surface area contributed by atoms with Crippen LogP contribution in [-0.2, 0) is 6.42 Å². The third-order valence-corrected chi connectivity index (χ3v) is 4.46. The molecule has 1 saturated heterocycles. The summed E-state index contributed by atoms with van der Waals surface area (Å²) in [6.07, 6.45) is 5.44. The number of piperidine rings is 1. The van der Waals surface area contributed by atoms with Gasteiger partial charge in [-0.05, 0) is 55.8 Å². The first kappa shape index (κ1) is 10.3. The van der Waals surface area contributed by atoms with Crippen molar-refractivity contribution in [2.75, 3.05) is 13.1 Å². The van der Waals surface area contributed by atoms with Crippen LogP contribution >= 0.6 is 0 Å². The molecular formula is C15H21N. The van der Waals surface area contributed by atoms with E-state index in [0.29, 0.717) is 0 Å². The van der Waals surface area contributed by atoms with Crippen LogP contribution in [0.25, 0.3) is 0 Å². The number of fused-ring (bicyclic) bond motifs is 3. The Bertz CT molecular complexity index is 371. The Morgan fingerprint density at radius 3 is 3.00 bits per heavy atom. The predicted octanol–water partition coefficient (Wildman–Crippen LogP) is 3.20. The van der Waals surface area contributed by atoms with E-state index in [2.05, 4.69) is 36.1 Å². The van der Waals surface area contributed by atoms with Crippen molar-refractivity contribution in [1.82, 2.24) is 4.90 Å². The van der Waals surface area contributed by atoms with Gasteiger partial charge in [0, 0.05) is 6.04 Å². The maximum Gasteiger partial charge on any atom is 0.0167 e. The minimum absolute atomic E-state index is 0.818. The molecule has 86 valence electrons. The van der Waals surface area contributed by atoms with Gasteiger partial charge in [-0.2, -0.15) is 0 Å². The second-order valence-corrected chi connectivity index (χ2v) is 5.18. The second-order valence-electron chi connectivity index (χ2n) is 5.18. The van der Waals surface area contributed by atoms with E-state index in [1.54, 1.807) is 11.1 Å². The first-order chi connectivity index (χ1) is 7.90. The van der Waals surface area contributed by atoms with E-state index in [1.165, 1.54) is 38.8 Å². The molecule has 0 spiro atoms. The van der Waals surface area contributed by atoms with Crippen LogP contribution in [0, 0.1) is 0 Å². The number of likely N-dealkylation sites (N-methyl/N-ethyl adjacent to an activating group) is 1. The fourth-order valence-electron chi connectivity index (χ4n) is 3.69. The van der Waals surface area contributed by atoms with Crippen LogP contribution < -0.4 is 0 Å². The molecule has 1 heterocycles. The van der Waals surface area contributed by atoms with Crippen molar-refractivity contribution in [3.05, 3.63) is 35.4 Å². The van der Waals surface area contributed by atoms with Gasteiger partial charge in [-0.1, -0.05) is 31.2 Å². The monoisotopic (exact) mass is 215 g/mol. The normalized spacial score (nSPS) is 29.6. The van der Waals surface area contributed by atoms with Crippen LogP contribution in [0.2, 0.25) is 0 Å². The number of aryl methyl sites for hydroxylation is 1. The summed E-state index contributed by atoms with van der Waals surface area (Å²) in [6, 6.07) is 9.93. The molecule has 0 amide bonds. The van der Waals surface area contributed by atoms with Crippen LogP contribution in [0.1, 0.15) is 43.2 Å². The zero-order valence-corrected chi connectivity index (χ0v) is 10.2. The fraction of sp³-hybridized carbons (Fsp3) is 0.600. The highest BCUT2D eigenvalue weighted by Crippen LogP contribution is 2.40. The third-order valence-electron chi connectivity index (χ3n) is 4.46. The van der Waals surface area contributed by atoms with Crippen LogP contribution in [-0.4, -0.2) is 24.0 Å². The SMILES string of the molecule is CCN1CCC[C@@H]2c3ccccc3CC[C@H]21. The van der Waals surface area contributed by atoms with Crippen molar-refractivity contribution >= 4 is 0 Å². The van der Waals surface area contributed by atoms with E-state index in [-0.39, 0.29) is 0 Å². The highest BCUT2D eigenvalue weighted by Gasteiger charge is 2.34. The lowest BCUT2D eigenvalue weighted by molar-refractivity contribution is 0.119. The van der Waals surface area contributed by atoms with Gasteiger partial charge >= 0.3 is 0 Å². The van der Waals surface area contributed by atoms with E-state index >= 15 is 0 Å². The zero-order chi connectivity index (χ0) is 11.0. The van der Waals surface area contributed by atoms with Crippen molar-refractivity contribution in [3.8, 4) is 0 Å². The van der Waals surface area contributed by atoms with Crippen molar-refractivity contribution in [2.45, 2.75) is 44.6 Å². The quantitative estimate of drug-likeness (QED) is 0.695. The summed E-state index contributed by atoms with van der Waals surface area (Å²) in [6.45, 7) is 4.85. The molecule has 1 aromatic rings. The molecule has 1 heteroatoms. The molecule has 1 fully saturated rings. The molecule has 3 rings (SSSR count). The first-order valence-electron chi connectivity index (χ1n) is 6.72. The summed E-state index contributed by atoms with van der Waals surface area (Å²) in [5.74, 6) is 0.818. The van der Waals surface area contributed by atoms with Crippen molar-refractivity contribution in [3.63, 3.8) is 0 Å². The molecule has 2 atom stereocenters. The molecule has 1 aliphatic carbocycles. The lowest BCUT2D eigenvalue weighted by atomic mass is 9.74. The molecular weight excluding hydrogens is 194 g/mol. The summed E-state index contributed by atoms with van der Waals surface area (Å²) < 4.78 is 0. The Labute approximate surface area is 98.5 Å². The van der Waals surface area contributed by atoms with E-state index in [4.69, 9.17) is 0 Å². The number of hydrogen-bond donors (Lipinski definition) is 0. The lowest BCUT2D eigenvalue weighted by Gasteiger charge is -2.44. The van der Waals surface area contributed by atoms with Crippen LogP contribution in [0.5, 0.6) is 0 Å². The summed E-state index contributed by atoms with van der Waals surface area (Å²) in [4.78, 5) is 2.70. The molecule has 1 aromatic carbocycles. The number of likely N-dealkylation sites (tertiary alicyclic amines) is 1. The number of rotatable bonds is 1. The van der Waals surface area contributed by atoms with Gasteiger partial charge in [0.1, 0.15) is 0 Å². The molecule has 1 nitrogen and oxygen atoms in total. The number of hydrogen-bond acceptors (Lipinski definition) is 1. The molecule has 0 saturated carbocycles. The maximum atomic E-state index is 2.70. The fourth-order valence-corrected chi connectivity index (χ4v) is 3.69. The highest BCUT2D eigenvalue weighted by atomic mass is 15.2. The molecule has 0 aromatic heterocycles. The van der Waals surface area contributed by atoms with Gasteiger partial charge in [0.25, 0.3) is 0 Å². The minimum atomic E-state index is 0.818. The molecule has 2 aliphatic rings. The van der Waals surface area contributed by atoms with Gasteiger partial charge in [-0.25, -0.2) is 0 Å². The number of benzene rings is 1. The van der Waals surface area contributed by atoms with Crippen molar-refractivity contribution in [2.24, 2.45) is 0 Å². The Morgan fingerprint density at radius 2 is 2.12 bits per heavy atom. The Kier molecular flexibility index (Phi) is 2.72.